The van der Waals surface area contributed by atoms with Gasteiger partial charge in [0.15, 0.2) is 0 Å². The van der Waals surface area contributed by atoms with E-state index in [1.54, 1.807) is 21.0 Å². The summed E-state index contributed by atoms with van der Waals surface area (Å²) >= 11 is 0. The third kappa shape index (κ3) is 4.63. The molecule has 0 aliphatic carbocycles. The van der Waals surface area contributed by atoms with Crippen LogP contribution in [0.1, 0.15) is 19.4 Å². The van der Waals surface area contributed by atoms with Crippen molar-refractivity contribution < 1.29 is 9.84 Å². The Labute approximate surface area is 103 Å². The summed E-state index contributed by atoms with van der Waals surface area (Å²) in [6.45, 7) is 4.86. The van der Waals surface area contributed by atoms with Gasteiger partial charge in [-0.25, -0.2) is 0 Å². The second-order valence-corrected chi connectivity index (χ2v) is 5.06. The van der Waals surface area contributed by atoms with Crippen LogP contribution in [0.2, 0.25) is 0 Å². The summed E-state index contributed by atoms with van der Waals surface area (Å²) in [6, 6.07) is 5.58. The molecule has 0 bridgehead atoms. The van der Waals surface area contributed by atoms with Gasteiger partial charge in [0.25, 0.3) is 0 Å². The minimum Gasteiger partial charge on any atom is -0.496 e. The first kappa shape index (κ1) is 13.8. The molecule has 3 N–H and O–H groups in total. The van der Waals surface area contributed by atoms with Crippen LogP contribution in [0.25, 0.3) is 0 Å². The number of hydrogen-bond acceptors (Lipinski definition) is 4. The monoisotopic (exact) mass is 238 g/mol. The summed E-state index contributed by atoms with van der Waals surface area (Å²) in [5, 5.41) is 9.75. The Morgan fingerprint density at radius 2 is 2.06 bits per heavy atom. The smallest absolute Gasteiger partial charge is 0.123 e. The van der Waals surface area contributed by atoms with Crippen LogP contribution in [0.5, 0.6) is 5.75 Å². The minimum atomic E-state index is -0.706. The predicted octanol–water partition coefficient (Wildman–Crippen LogP) is 1.48. The van der Waals surface area contributed by atoms with Gasteiger partial charge >= 0.3 is 0 Å². The molecule has 1 aromatic carbocycles. The molecule has 1 rings (SSSR count). The average molecular weight is 238 g/mol. The van der Waals surface area contributed by atoms with E-state index >= 15 is 0 Å². The number of anilines is 1. The molecule has 0 atom stereocenters. The summed E-state index contributed by atoms with van der Waals surface area (Å²) in [5.74, 6) is 0.821. The molecule has 1 aromatic rings. The number of aliphatic hydroxyl groups is 1. The molecule has 0 aliphatic rings. The van der Waals surface area contributed by atoms with E-state index in [0.717, 1.165) is 17.0 Å². The molecule has 0 radical (unpaired) electrons. The first-order chi connectivity index (χ1) is 7.81. The number of likely N-dealkylation sites (N-methyl/N-ethyl adjacent to an activating group) is 1. The summed E-state index contributed by atoms with van der Waals surface area (Å²) in [6.07, 6.45) is 0. The van der Waals surface area contributed by atoms with E-state index < -0.39 is 5.60 Å². The number of methoxy groups -OCH3 is 1. The van der Waals surface area contributed by atoms with Gasteiger partial charge in [0.05, 0.1) is 12.7 Å². The second-order valence-electron chi connectivity index (χ2n) is 5.06. The number of nitrogens with two attached hydrogens (primary N) is 1. The van der Waals surface area contributed by atoms with E-state index in [1.807, 2.05) is 30.1 Å². The van der Waals surface area contributed by atoms with E-state index in [1.165, 1.54) is 0 Å². The highest BCUT2D eigenvalue weighted by atomic mass is 16.5. The lowest BCUT2D eigenvalue weighted by Gasteiger charge is -2.26. The van der Waals surface area contributed by atoms with Crippen LogP contribution < -0.4 is 10.5 Å². The molecule has 0 spiro atoms. The molecule has 0 heterocycles. The number of nitrogens with zero attached hydrogens (tertiary/aromatic N) is 1. The predicted molar refractivity (Wildman–Crippen MR) is 70.0 cm³/mol. The summed E-state index contributed by atoms with van der Waals surface area (Å²) in [7, 11) is 3.60. The third-order valence-electron chi connectivity index (χ3n) is 2.40. The Morgan fingerprint density at radius 1 is 1.41 bits per heavy atom. The summed E-state index contributed by atoms with van der Waals surface area (Å²) in [4.78, 5) is 2.04. The molecule has 96 valence electrons. The lowest BCUT2D eigenvalue weighted by atomic mass is 10.1. The molecule has 17 heavy (non-hydrogen) atoms. The van der Waals surface area contributed by atoms with Crippen LogP contribution >= 0.6 is 0 Å². The van der Waals surface area contributed by atoms with E-state index in [0.29, 0.717) is 13.1 Å². The fourth-order valence-electron chi connectivity index (χ4n) is 1.93. The van der Waals surface area contributed by atoms with Gasteiger partial charge in [-0.2, -0.15) is 0 Å². The first-order valence-corrected chi connectivity index (χ1v) is 5.65. The summed E-state index contributed by atoms with van der Waals surface area (Å²) < 4.78 is 5.29. The quantitative estimate of drug-likeness (QED) is 0.763. The maximum atomic E-state index is 9.75. The van der Waals surface area contributed by atoms with Crippen LogP contribution in [-0.4, -0.2) is 36.3 Å². The van der Waals surface area contributed by atoms with Crippen molar-refractivity contribution in [2.45, 2.75) is 26.0 Å². The topological polar surface area (TPSA) is 58.7 Å². The molecule has 4 nitrogen and oxygen atoms in total. The number of ether oxygens (including phenoxy) is 1. The van der Waals surface area contributed by atoms with E-state index in [2.05, 4.69) is 0 Å². The van der Waals surface area contributed by atoms with Gasteiger partial charge in [-0.3, -0.25) is 4.90 Å². The third-order valence-corrected chi connectivity index (χ3v) is 2.40. The molecule has 0 amide bonds. The number of hydrogen-bond donors (Lipinski definition) is 2. The second kappa shape index (κ2) is 5.38. The molecule has 0 unspecified atom stereocenters. The molecule has 4 heteroatoms. The molecular formula is C13H22N2O2. The van der Waals surface area contributed by atoms with Crippen molar-refractivity contribution in [1.29, 1.82) is 0 Å². The Bertz CT molecular complexity index is 372. The molecule has 0 aromatic heterocycles. The van der Waals surface area contributed by atoms with Crippen LogP contribution in [0, 0.1) is 0 Å². The minimum absolute atomic E-state index is 0.588. The van der Waals surface area contributed by atoms with Crippen LogP contribution in [0.3, 0.4) is 0 Å². The molecule has 0 saturated carbocycles. The fraction of sp³-hybridized carbons (Fsp3) is 0.538. The van der Waals surface area contributed by atoms with Crippen LogP contribution in [-0.2, 0) is 6.54 Å². The Hall–Kier alpha value is -1.26. The zero-order chi connectivity index (χ0) is 13.1. The largest absolute Gasteiger partial charge is 0.496 e. The van der Waals surface area contributed by atoms with Crippen molar-refractivity contribution in [3.05, 3.63) is 23.8 Å². The number of nitrogen functional groups attached to an aromatic ring is 1. The normalized spacial score (nSPS) is 11.9. The summed E-state index contributed by atoms with van der Waals surface area (Å²) in [5.41, 5.74) is 6.80. The standard InChI is InChI=1S/C13H22N2O2/c1-13(2,16)9-15(3)8-10-7-11(14)5-6-12(10)17-4/h5-7,16H,8-9,14H2,1-4H3. The molecule has 0 aliphatic heterocycles. The van der Waals surface area contributed by atoms with Crippen molar-refractivity contribution in [2.75, 3.05) is 26.4 Å². The molecule has 0 fully saturated rings. The highest BCUT2D eigenvalue weighted by Crippen LogP contribution is 2.22. The lowest BCUT2D eigenvalue weighted by Crippen LogP contribution is -2.35. The van der Waals surface area contributed by atoms with Crippen molar-refractivity contribution in [3.8, 4) is 5.75 Å². The zero-order valence-corrected chi connectivity index (χ0v) is 11.0. The van der Waals surface area contributed by atoms with Gasteiger partial charge in [0.1, 0.15) is 5.75 Å². The first-order valence-electron chi connectivity index (χ1n) is 5.65. The molecule has 0 saturated heterocycles. The van der Waals surface area contributed by atoms with Gasteiger partial charge in [-0.1, -0.05) is 0 Å². The van der Waals surface area contributed by atoms with Crippen molar-refractivity contribution in [3.63, 3.8) is 0 Å². The zero-order valence-electron chi connectivity index (χ0n) is 11.0. The van der Waals surface area contributed by atoms with Crippen molar-refractivity contribution >= 4 is 5.69 Å². The van der Waals surface area contributed by atoms with Crippen LogP contribution in [0.15, 0.2) is 18.2 Å². The van der Waals surface area contributed by atoms with Gasteiger partial charge in [-0.05, 0) is 39.1 Å². The average Bonchev–Trinajstić information content (AvgIpc) is 2.14. The number of rotatable bonds is 5. The van der Waals surface area contributed by atoms with Crippen molar-refractivity contribution in [2.24, 2.45) is 0 Å². The number of benzene rings is 1. The van der Waals surface area contributed by atoms with E-state index in [4.69, 9.17) is 10.5 Å². The maximum Gasteiger partial charge on any atom is 0.123 e. The highest BCUT2D eigenvalue weighted by molar-refractivity contribution is 5.47. The van der Waals surface area contributed by atoms with Gasteiger partial charge < -0.3 is 15.6 Å². The van der Waals surface area contributed by atoms with E-state index in [9.17, 15) is 5.11 Å². The Balaban J connectivity index is 2.76. The molecular weight excluding hydrogens is 216 g/mol. The lowest BCUT2D eigenvalue weighted by molar-refractivity contribution is 0.0423. The van der Waals surface area contributed by atoms with Gasteiger partial charge in [0, 0.05) is 24.3 Å². The van der Waals surface area contributed by atoms with Gasteiger partial charge in [-0.15, -0.1) is 0 Å². The fourth-order valence-corrected chi connectivity index (χ4v) is 1.93. The Morgan fingerprint density at radius 3 is 2.59 bits per heavy atom. The highest BCUT2D eigenvalue weighted by Gasteiger charge is 2.16. The van der Waals surface area contributed by atoms with Crippen molar-refractivity contribution in [1.82, 2.24) is 4.90 Å². The van der Waals surface area contributed by atoms with Crippen LogP contribution in [0.4, 0.5) is 5.69 Å². The van der Waals surface area contributed by atoms with Gasteiger partial charge in [0.2, 0.25) is 0 Å². The SMILES string of the molecule is COc1ccc(N)cc1CN(C)CC(C)(C)O. The Kier molecular flexibility index (Phi) is 4.37. The maximum absolute atomic E-state index is 9.75. The van der Waals surface area contributed by atoms with E-state index in [-0.39, 0.29) is 0 Å².